The fourth-order valence-electron chi connectivity index (χ4n) is 2.58. The number of nitrogens with zero attached hydrogens (tertiary/aromatic N) is 2. The Bertz CT molecular complexity index is 1090. The molecule has 0 aliphatic heterocycles. The van der Waals surface area contributed by atoms with Crippen molar-refractivity contribution in [2.45, 2.75) is 31.2 Å². The standard InChI is InChI=1S/C21H22N4O3S/c1-21(2,3)25-29(27,28)18-11-9-16(10-12-18)20(26)24-17-13-22-19(23-14-17)15-7-5-4-6-8-15/h4-14,25H,1-3H3,(H,24,26). The van der Waals surface area contributed by atoms with Crippen LogP contribution in [0.4, 0.5) is 5.69 Å². The van der Waals surface area contributed by atoms with Crippen LogP contribution in [0.3, 0.4) is 0 Å². The number of amides is 1. The summed E-state index contributed by atoms with van der Waals surface area (Å²) in [5, 5.41) is 2.70. The van der Waals surface area contributed by atoms with E-state index in [9.17, 15) is 13.2 Å². The molecule has 0 aliphatic rings. The van der Waals surface area contributed by atoms with Crippen LogP contribution >= 0.6 is 0 Å². The zero-order chi connectivity index (χ0) is 21.1. The molecule has 1 heterocycles. The summed E-state index contributed by atoms with van der Waals surface area (Å²) >= 11 is 0. The van der Waals surface area contributed by atoms with Gasteiger partial charge in [0.2, 0.25) is 10.0 Å². The summed E-state index contributed by atoms with van der Waals surface area (Å²) in [4.78, 5) is 21.0. The number of benzene rings is 2. The number of anilines is 1. The van der Waals surface area contributed by atoms with E-state index in [-0.39, 0.29) is 10.8 Å². The van der Waals surface area contributed by atoms with Gasteiger partial charge >= 0.3 is 0 Å². The van der Waals surface area contributed by atoms with Gasteiger partial charge in [-0.15, -0.1) is 0 Å². The molecule has 1 amide bonds. The predicted molar refractivity (Wildman–Crippen MR) is 112 cm³/mol. The average Bonchev–Trinajstić information content (AvgIpc) is 2.67. The van der Waals surface area contributed by atoms with Crippen LogP contribution in [-0.4, -0.2) is 29.8 Å². The summed E-state index contributed by atoms with van der Waals surface area (Å²) in [6, 6.07) is 15.2. The van der Waals surface area contributed by atoms with Gasteiger partial charge in [-0.05, 0) is 45.0 Å². The lowest BCUT2D eigenvalue weighted by Gasteiger charge is -2.20. The van der Waals surface area contributed by atoms with E-state index in [1.807, 2.05) is 30.3 Å². The molecule has 0 radical (unpaired) electrons. The summed E-state index contributed by atoms with van der Waals surface area (Å²) in [7, 11) is -3.65. The molecular formula is C21H22N4O3S. The van der Waals surface area contributed by atoms with Gasteiger partial charge in [-0.2, -0.15) is 0 Å². The van der Waals surface area contributed by atoms with Gasteiger partial charge in [-0.1, -0.05) is 30.3 Å². The summed E-state index contributed by atoms with van der Waals surface area (Å²) in [5.74, 6) is 0.179. The lowest BCUT2D eigenvalue weighted by molar-refractivity contribution is 0.102. The molecule has 2 N–H and O–H groups in total. The van der Waals surface area contributed by atoms with E-state index in [4.69, 9.17) is 0 Å². The summed E-state index contributed by atoms with van der Waals surface area (Å²) in [5.41, 5.74) is 1.06. The number of hydrogen-bond donors (Lipinski definition) is 2. The van der Waals surface area contributed by atoms with Gasteiger partial charge in [-0.3, -0.25) is 4.79 Å². The summed E-state index contributed by atoms with van der Waals surface area (Å²) < 4.78 is 27.3. The number of nitrogens with one attached hydrogen (secondary N) is 2. The number of rotatable bonds is 5. The van der Waals surface area contributed by atoms with Crippen LogP contribution in [0.1, 0.15) is 31.1 Å². The average molecular weight is 410 g/mol. The molecule has 0 atom stereocenters. The van der Waals surface area contributed by atoms with E-state index in [0.717, 1.165) is 5.56 Å². The highest BCUT2D eigenvalue weighted by Gasteiger charge is 2.22. The van der Waals surface area contributed by atoms with Crippen molar-refractivity contribution in [3.63, 3.8) is 0 Å². The van der Waals surface area contributed by atoms with Crippen LogP contribution < -0.4 is 10.0 Å². The minimum atomic E-state index is -3.65. The Morgan fingerprint density at radius 1 is 0.897 bits per heavy atom. The Balaban J connectivity index is 1.70. The van der Waals surface area contributed by atoms with Crippen LogP contribution in [0, 0.1) is 0 Å². The van der Waals surface area contributed by atoms with Crippen molar-refractivity contribution in [3.8, 4) is 11.4 Å². The third-order valence-electron chi connectivity index (χ3n) is 3.81. The number of sulfonamides is 1. The maximum Gasteiger partial charge on any atom is 0.255 e. The molecule has 2 aromatic carbocycles. The molecule has 150 valence electrons. The second-order valence-electron chi connectivity index (χ2n) is 7.50. The highest BCUT2D eigenvalue weighted by atomic mass is 32.2. The van der Waals surface area contributed by atoms with Crippen LogP contribution in [-0.2, 0) is 10.0 Å². The van der Waals surface area contributed by atoms with Crippen LogP contribution in [0.25, 0.3) is 11.4 Å². The molecule has 0 saturated carbocycles. The van der Waals surface area contributed by atoms with Gasteiger partial charge in [0.15, 0.2) is 5.82 Å². The molecule has 0 fully saturated rings. The topological polar surface area (TPSA) is 101 Å². The molecule has 1 aromatic heterocycles. The molecule has 3 rings (SSSR count). The van der Waals surface area contributed by atoms with Crippen LogP contribution in [0.2, 0.25) is 0 Å². The van der Waals surface area contributed by atoms with E-state index in [1.54, 1.807) is 20.8 Å². The first-order valence-electron chi connectivity index (χ1n) is 8.97. The number of hydrogen-bond acceptors (Lipinski definition) is 5. The Kier molecular flexibility index (Phi) is 5.76. The smallest absolute Gasteiger partial charge is 0.255 e. The van der Waals surface area contributed by atoms with E-state index < -0.39 is 15.6 Å². The molecule has 0 spiro atoms. The zero-order valence-electron chi connectivity index (χ0n) is 16.4. The molecule has 0 saturated heterocycles. The lowest BCUT2D eigenvalue weighted by atomic mass is 10.1. The third-order valence-corrected chi connectivity index (χ3v) is 5.58. The number of carbonyl (C=O) groups is 1. The van der Waals surface area contributed by atoms with Crippen molar-refractivity contribution in [2.24, 2.45) is 0 Å². The van der Waals surface area contributed by atoms with E-state index in [1.165, 1.54) is 36.7 Å². The van der Waals surface area contributed by atoms with E-state index >= 15 is 0 Å². The first-order valence-corrected chi connectivity index (χ1v) is 10.5. The third kappa shape index (κ3) is 5.46. The molecule has 8 heteroatoms. The van der Waals surface area contributed by atoms with Gasteiger partial charge in [0, 0.05) is 16.7 Å². The molecule has 0 bridgehead atoms. The Hall–Kier alpha value is -3.10. The molecular weight excluding hydrogens is 388 g/mol. The van der Waals surface area contributed by atoms with Crippen molar-refractivity contribution in [1.82, 2.24) is 14.7 Å². The second kappa shape index (κ2) is 8.10. The summed E-state index contributed by atoms with van der Waals surface area (Å²) in [6.07, 6.45) is 3.05. The van der Waals surface area contributed by atoms with Crippen molar-refractivity contribution < 1.29 is 13.2 Å². The zero-order valence-corrected chi connectivity index (χ0v) is 17.2. The SMILES string of the molecule is CC(C)(C)NS(=O)(=O)c1ccc(C(=O)Nc2cnc(-c3ccccc3)nc2)cc1. The van der Waals surface area contributed by atoms with Crippen molar-refractivity contribution >= 4 is 21.6 Å². The van der Waals surface area contributed by atoms with Gasteiger partial charge in [0.25, 0.3) is 5.91 Å². The quantitative estimate of drug-likeness (QED) is 0.671. The molecule has 7 nitrogen and oxygen atoms in total. The van der Waals surface area contributed by atoms with Crippen molar-refractivity contribution in [2.75, 3.05) is 5.32 Å². The van der Waals surface area contributed by atoms with E-state index in [2.05, 4.69) is 20.0 Å². The van der Waals surface area contributed by atoms with Gasteiger partial charge in [0.1, 0.15) is 0 Å². The first kappa shape index (κ1) is 20.6. The summed E-state index contributed by atoms with van der Waals surface area (Å²) in [6.45, 7) is 5.28. The normalized spacial score (nSPS) is 11.8. The number of aromatic nitrogens is 2. The lowest BCUT2D eigenvalue weighted by Crippen LogP contribution is -2.40. The van der Waals surface area contributed by atoms with Gasteiger partial charge in [0.05, 0.1) is 23.0 Å². The Labute approximate surface area is 170 Å². The van der Waals surface area contributed by atoms with Crippen molar-refractivity contribution in [1.29, 1.82) is 0 Å². The maximum absolute atomic E-state index is 12.4. The highest BCUT2D eigenvalue weighted by molar-refractivity contribution is 7.89. The Morgan fingerprint density at radius 2 is 1.48 bits per heavy atom. The minimum Gasteiger partial charge on any atom is -0.319 e. The number of carbonyl (C=O) groups excluding carboxylic acids is 1. The fraction of sp³-hybridized carbons (Fsp3) is 0.190. The Morgan fingerprint density at radius 3 is 2.03 bits per heavy atom. The van der Waals surface area contributed by atoms with Gasteiger partial charge < -0.3 is 5.32 Å². The second-order valence-corrected chi connectivity index (χ2v) is 9.18. The molecule has 0 aliphatic carbocycles. The maximum atomic E-state index is 12.4. The predicted octanol–water partition coefficient (Wildman–Crippen LogP) is 3.47. The molecule has 3 aromatic rings. The largest absolute Gasteiger partial charge is 0.319 e. The monoisotopic (exact) mass is 410 g/mol. The van der Waals surface area contributed by atoms with Crippen molar-refractivity contribution in [3.05, 3.63) is 72.6 Å². The van der Waals surface area contributed by atoms with Crippen LogP contribution in [0.15, 0.2) is 71.9 Å². The van der Waals surface area contributed by atoms with Crippen LogP contribution in [0.5, 0.6) is 0 Å². The highest BCUT2D eigenvalue weighted by Crippen LogP contribution is 2.17. The molecule has 29 heavy (non-hydrogen) atoms. The van der Waals surface area contributed by atoms with Gasteiger partial charge in [-0.25, -0.2) is 23.1 Å². The fourth-order valence-corrected chi connectivity index (χ4v) is 4.00. The molecule has 0 unspecified atom stereocenters. The first-order chi connectivity index (χ1) is 13.6. The van der Waals surface area contributed by atoms with E-state index in [0.29, 0.717) is 17.1 Å². The minimum absolute atomic E-state index is 0.0968.